The van der Waals surface area contributed by atoms with Crippen molar-refractivity contribution in [2.45, 2.75) is 19.2 Å². The van der Waals surface area contributed by atoms with E-state index in [2.05, 4.69) is 0 Å². The van der Waals surface area contributed by atoms with Gasteiger partial charge in [0.25, 0.3) is 0 Å². The lowest BCUT2D eigenvalue weighted by Crippen LogP contribution is -2.20. The van der Waals surface area contributed by atoms with Gasteiger partial charge in [0.2, 0.25) is 0 Å². The van der Waals surface area contributed by atoms with Crippen LogP contribution in [0.25, 0.3) is 0 Å². The summed E-state index contributed by atoms with van der Waals surface area (Å²) in [6.07, 6.45) is -7.54. The van der Waals surface area contributed by atoms with E-state index >= 15 is 0 Å². The van der Waals surface area contributed by atoms with Gasteiger partial charge in [-0.1, -0.05) is 0 Å². The number of benzene rings is 1. The van der Waals surface area contributed by atoms with E-state index < -0.39 is 29.3 Å². The number of phenols is 2. The number of phenolic OH excluding ortho intramolecular Hbond substituents is 2. The van der Waals surface area contributed by atoms with E-state index in [1.165, 1.54) is 6.92 Å². The topological polar surface area (TPSA) is 60.7 Å². The monoisotopic (exact) mass is 222 g/mol. The molecule has 3 nitrogen and oxygen atoms in total. The zero-order valence-corrected chi connectivity index (χ0v) is 7.71. The minimum absolute atomic E-state index is 0.0631. The Kier molecular flexibility index (Phi) is 2.81. The van der Waals surface area contributed by atoms with E-state index in [-0.39, 0.29) is 5.56 Å². The maximum atomic E-state index is 12.1. The summed E-state index contributed by atoms with van der Waals surface area (Å²) in [5, 5.41) is 27.2. The van der Waals surface area contributed by atoms with Gasteiger partial charge in [-0.15, -0.1) is 0 Å². The van der Waals surface area contributed by atoms with Crippen LogP contribution in [0.2, 0.25) is 0 Å². The van der Waals surface area contributed by atoms with Crippen LogP contribution in [-0.4, -0.2) is 21.5 Å². The molecule has 1 atom stereocenters. The Morgan fingerprint density at radius 2 is 1.53 bits per heavy atom. The van der Waals surface area contributed by atoms with Crippen LogP contribution < -0.4 is 0 Å². The van der Waals surface area contributed by atoms with Crippen LogP contribution in [0.1, 0.15) is 17.2 Å². The minimum Gasteiger partial charge on any atom is -0.508 e. The molecule has 0 radical (unpaired) electrons. The number of halogens is 3. The largest absolute Gasteiger partial charge is 0.508 e. The zero-order chi connectivity index (χ0) is 11.8. The Labute approximate surface area is 83.4 Å². The highest BCUT2D eigenvalue weighted by Gasteiger charge is 2.39. The standard InChI is InChI=1S/C9H9F3O3/c1-4-6(13)2-5(3-7(4)14)8(15)9(10,11)12/h2-3,8,13-15H,1H3. The highest BCUT2D eigenvalue weighted by molar-refractivity contribution is 5.46. The molecule has 1 unspecified atom stereocenters. The van der Waals surface area contributed by atoms with Gasteiger partial charge in [-0.25, -0.2) is 0 Å². The predicted octanol–water partition coefficient (Wildman–Crippen LogP) is 2.00. The van der Waals surface area contributed by atoms with Gasteiger partial charge in [-0.2, -0.15) is 13.2 Å². The highest BCUT2D eigenvalue weighted by Crippen LogP contribution is 2.37. The Morgan fingerprint density at radius 1 is 1.13 bits per heavy atom. The summed E-state index contributed by atoms with van der Waals surface area (Å²) in [6, 6.07) is 1.54. The molecule has 3 N–H and O–H groups in total. The molecule has 0 saturated carbocycles. The van der Waals surface area contributed by atoms with Crippen molar-refractivity contribution in [3.05, 3.63) is 23.3 Å². The fourth-order valence-corrected chi connectivity index (χ4v) is 1.05. The van der Waals surface area contributed by atoms with Crippen LogP contribution in [-0.2, 0) is 0 Å². The SMILES string of the molecule is Cc1c(O)cc(C(O)C(F)(F)F)cc1O. The van der Waals surface area contributed by atoms with Crippen molar-refractivity contribution in [2.75, 3.05) is 0 Å². The number of rotatable bonds is 1. The lowest BCUT2D eigenvalue weighted by atomic mass is 10.1. The van der Waals surface area contributed by atoms with E-state index in [9.17, 15) is 13.2 Å². The molecule has 0 aromatic heterocycles. The summed E-state index contributed by atoms with van der Waals surface area (Å²) >= 11 is 0. The normalized spacial score (nSPS) is 13.9. The molecule has 1 aromatic rings. The first kappa shape index (κ1) is 11.6. The van der Waals surface area contributed by atoms with Gasteiger partial charge < -0.3 is 15.3 Å². The van der Waals surface area contributed by atoms with E-state index in [4.69, 9.17) is 15.3 Å². The molecule has 0 aliphatic carbocycles. The second kappa shape index (κ2) is 3.62. The molecule has 0 spiro atoms. The molecule has 15 heavy (non-hydrogen) atoms. The Hall–Kier alpha value is -1.43. The van der Waals surface area contributed by atoms with Crippen molar-refractivity contribution in [2.24, 2.45) is 0 Å². The van der Waals surface area contributed by atoms with Gasteiger partial charge in [0.1, 0.15) is 11.5 Å². The van der Waals surface area contributed by atoms with Gasteiger partial charge in [-0.3, -0.25) is 0 Å². The molecule has 1 rings (SSSR count). The average molecular weight is 222 g/mol. The summed E-state index contributed by atoms with van der Waals surface area (Å²) in [6.45, 7) is 1.34. The van der Waals surface area contributed by atoms with Crippen molar-refractivity contribution >= 4 is 0 Å². The lowest BCUT2D eigenvalue weighted by molar-refractivity contribution is -0.206. The summed E-state index contributed by atoms with van der Waals surface area (Å²) in [5.41, 5.74) is -0.531. The number of aliphatic hydroxyl groups excluding tert-OH is 1. The maximum Gasteiger partial charge on any atom is 0.418 e. The number of aliphatic hydroxyl groups is 1. The van der Waals surface area contributed by atoms with E-state index in [0.29, 0.717) is 0 Å². The Morgan fingerprint density at radius 3 is 1.87 bits per heavy atom. The summed E-state index contributed by atoms with van der Waals surface area (Å²) in [7, 11) is 0. The molecule has 1 aromatic carbocycles. The van der Waals surface area contributed by atoms with E-state index in [1.54, 1.807) is 0 Å². The van der Waals surface area contributed by atoms with Crippen molar-refractivity contribution in [3.63, 3.8) is 0 Å². The smallest absolute Gasteiger partial charge is 0.418 e. The van der Waals surface area contributed by atoms with E-state index in [1.807, 2.05) is 0 Å². The molecule has 84 valence electrons. The molecule has 0 heterocycles. The third-order valence-corrected chi connectivity index (χ3v) is 2.00. The van der Waals surface area contributed by atoms with Gasteiger partial charge >= 0.3 is 6.18 Å². The Balaban J connectivity index is 3.17. The number of hydrogen-bond donors (Lipinski definition) is 3. The van der Waals surface area contributed by atoms with Crippen molar-refractivity contribution in [1.82, 2.24) is 0 Å². The van der Waals surface area contributed by atoms with Crippen LogP contribution in [0.5, 0.6) is 11.5 Å². The fraction of sp³-hybridized carbons (Fsp3) is 0.333. The summed E-state index contributed by atoms with van der Waals surface area (Å²) in [4.78, 5) is 0. The first-order valence-corrected chi connectivity index (χ1v) is 4.00. The first-order chi connectivity index (χ1) is 6.73. The molecule has 0 amide bonds. The number of hydrogen-bond acceptors (Lipinski definition) is 3. The van der Waals surface area contributed by atoms with Gasteiger partial charge in [0.15, 0.2) is 6.10 Å². The van der Waals surface area contributed by atoms with Gasteiger partial charge in [0, 0.05) is 5.56 Å². The van der Waals surface area contributed by atoms with Crippen LogP contribution in [0, 0.1) is 6.92 Å². The number of alkyl halides is 3. The van der Waals surface area contributed by atoms with E-state index in [0.717, 1.165) is 12.1 Å². The van der Waals surface area contributed by atoms with Crippen LogP contribution in [0.15, 0.2) is 12.1 Å². The molecular formula is C9H9F3O3. The van der Waals surface area contributed by atoms with Gasteiger partial charge in [-0.05, 0) is 24.6 Å². The van der Waals surface area contributed by atoms with Crippen molar-refractivity contribution in [1.29, 1.82) is 0 Å². The third kappa shape index (κ3) is 2.33. The molecule has 0 fully saturated rings. The average Bonchev–Trinajstić information content (AvgIpc) is 2.10. The third-order valence-electron chi connectivity index (χ3n) is 2.00. The first-order valence-electron chi connectivity index (χ1n) is 4.00. The molecule has 0 aliphatic heterocycles. The van der Waals surface area contributed by atoms with Crippen LogP contribution in [0.3, 0.4) is 0 Å². The molecule has 6 heteroatoms. The van der Waals surface area contributed by atoms with Gasteiger partial charge in [0.05, 0.1) is 0 Å². The maximum absolute atomic E-state index is 12.1. The van der Waals surface area contributed by atoms with Crippen LogP contribution in [0.4, 0.5) is 13.2 Å². The second-order valence-electron chi connectivity index (χ2n) is 3.13. The Bertz CT molecular complexity index is 350. The minimum atomic E-state index is -4.83. The fourth-order valence-electron chi connectivity index (χ4n) is 1.05. The molecule has 0 saturated heterocycles. The highest BCUT2D eigenvalue weighted by atomic mass is 19.4. The molecule has 0 aliphatic rings. The lowest BCUT2D eigenvalue weighted by Gasteiger charge is -2.16. The molecule has 0 bridgehead atoms. The number of aromatic hydroxyl groups is 2. The van der Waals surface area contributed by atoms with Crippen LogP contribution >= 0.6 is 0 Å². The predicted molar refractivity (Wildman–Crippen MR) is 45.5 cm³/mol. The summed E-state index contributed by atoms with van der Waals surface area (Å²) in [5.74, 6) is -0.985. The zero-order valence-electron chi connectivity index (χ0n) is 7.71. The summed E-state index contributed by atoms with van der Waals surface area (Å²) < 4.78 is 36.3. The quantitative estimate of drug-likeness (QED) is 0.681. The second-order valence-corrected chi connectivity index (χ2v) is 3.13. The van der Waals surface area contributed by atoms with Crippen molar-refractivity contribution in [3.8, 4) is 11.5 Å². The van der Waals surface area contributed by atoms with Crippen molar-refractivity contribution < 1.29 is 28.5 Å². The molecular weight excluding hydrogens is 213 g/mol.